The Kier molecular flexibility index (Phi) is 6.57. The minimum absolute atomic E-state index is 0.152. The molecule has 0 radical (unpaired) electrons. The lowest BCUT2D eigenvalue weighted by molar-refractivity contribution is 0.0748. The van der Waals surface area contributed by atoms with Crippen LogP contribution in [0.3, 0.4) is 0 Å². The fourth-order valence-corrected chi connectivity index (χ4v) is 7.64. The van der Waals surface area contributed by atoms with E-state index in [1.54, 1.807) is 35.2 Å². The summed E-state index contributed by atoms with van der Waals surface area (Å²) in [4.78, 5) is 17.6. The minimum Gasteiger partial charge on any atom is -0.497 e. The first-order valence-electron chi connectivity index (χ1n) is 9.84. The van der Waals surface area contributed by atoms with Crippen LogP contribution in [-0.2, 0) is 10.0 Å². The smallest absolute Gasteiger partial charge is 0.265 e. The second-order valence-corrected chi connectivity index (χ2v) is 11.2. The topological polar surface area (TPSA) is 70.2 Å². The Bertz CT molecular complexity index is 994. The number of piperazine rings is 1. The number of anilines is 1. The monoisotopic (exact) mass is 467 g/mol. The average molecular weight is 468 g/mol. The molecule has 7 nitrogen and oxygen atoms in total. The van der Waals surface area contributed by atoms with Crippen molar-refractivity contribution in [3.8, 4) is 5.75 Å². The van der Waals surface area contributed by atoms with Gasteiger partial charge < -0.3 is 14.5 Å². The molecule has 2 aromatic rings. The first kappa shape index (κ1) is 21.5. The molecule has 1 aromatic carbocycles. The van der Waals surface area contributed by atoms with Gasteiger partial charge in [0.15, 0.2) is 0 Å². The van der Waals surface area contributed by atoms with Crippen LogP contribution in [0.1, 0.15) is 9.67 Å². The molecular weight excluding hydrogens is 442 g/mol. The van der Waals surface area contributed by atoms with Gasteiger partial charge in [-0.15, -0.1) is 11.3 Å². The quantitative estimate of drug-likeness (QED) is 0.673. The van der Waals surface area contributed by atoms with E-state index >= 15 is 0 Å². The fraction of sp³-hybridized carbons (Fsp3) is 0.450. The number of carbonyl (C=O) groups is 1. The third-order valence-electron chi connectivity index (χ3n) is 5.40. The summed E-state index contributed by atoms with van der Waals surface area (Å²) in [5.74, 6) is 2.19. The minimum atomic E-state index is -3.64. The Labute approximate surface area is 185 Å². The number of sulfonamides is 1. The van der Waals surface area contributed by atoms with Gasteiger partial charge in [0.05, 0.1) is 7.11 Å². The van der Waals surface area contributed by atoms with Gasteiger partial charge >= 0.3 is 0 Å². The highest BCUT2D eigenvalue weighted by atomic mass is 32.2. The number of benzene rings is 1. The summed E-state index contributed by atoms with van der Waals surface area (Å²) in [6, 6.07) is 9.44. The number of amides is 1. The maximum atomic E-state index is 13.2. The second-order valence-electron chi connectivity index (χ2n) is 7.11. The number of nitrogens with zero attached hydrogens (tertiary/aromatic N) is 3. The molecule has 30 heavy (non-hydrogen) atoms. The van der Waals surface area contributed by atoms with E-state index in [0.29, 0.717) is 44.1 Å². The number of thiophene rings is 1. The second kappa shape index (κ2) is 9.17. The van der Waals surface area contributed by atoms with Gasteiger partial charge in [0.1, 0.15) is 15.5 Å². The van der Waals surface area contributed by atoms with Crippen molar-refractivity contribution >= 4 is 44.7 Å². The van der Waals surface area contributed by atoms with Gasteiger partial charge in [-0.2, -0.15) is 16.1 Å². The molecule has 0 bridgehead atoms. The van der Waals surface area contributed by atoms with E-state index in [1.807, 2.05) is 24.3 Å². The summed E-state index contributed by atoms with van der Waals surface area (Å²) in [6.07, 6.45) is 0. The van der Waals surface area contributed by atoms with E-state index in [9.17, 15) is 13.2 Å². The predicted molar refractivity (Wildman–Crippen MR) is 122 cm³/mol. The molecule has 1 aromatic heterocycles. The highest BCUT2D eigenvalue weighted by Crippen LogP contribution is 2.29. The van der Waals surface area contributed by atoms with Gasteiger partial charge in [-0.05, 0) is 23.6 Å². The molecule has 2 aliphatic heterocycles. The average Bonchev–Trinajstić information content (AvgIpc) is 3.30. The lowest BCUT2D eigenvalue weighted by atomic mass is 10.2. The van der Waals surface area contributed by atoms with Crippen molar-refractivity contribution in [1.82, 2.24) is 9.21 Å². The van der Waals surface area contributed by atoms with E-state index < -0.39 is 10.0 Å². The summed E-state index contributed by atoms with van der Waals surface area (Å²) in [5.41, 5.74) is 1.06. The van der Waals surface area contributed by atoms with E-state index in [0.717, 1.165) is 22.9 Å². The van der Waals surface area contributed by atoms with E-state index in [1.165, 1.54) is 15.6 Å². The molecule has 0 N–H and O–H groups in total. The SMILES string of the molecule is COc1cccc(N2CCN(C(=O)c3sccc3S(=O)(=O)N3CCSCC3)CC2)c1. The maximum Gasteiger partial charge on any atom is 0.265 e. The zero-order valence-corrected chi connectivity index (χ0v) is 19.3. The zero-order valence-electron chi connectivity index (χ0n) is 16.8. The summed E-state index contributed by atoms with van der Waals surface area (Å²) in [5, 5.41) is 1.70. The molecule has 1 amide bonds. The molecule has 0 unspecified atom stereocenters. The van der Waals surface area contributed by atoms with E-state index in [2.05, 4.69) is 4.90 Å². The van der Waals surface area contributed by atoms with Gasteiger partial charge in [-0.3, -0.25) is 4.79 Å². The summed E-state index contributed by atoms with van der Waals surface area (Å²) < 4.78 is 33.0. The highest BCUT2D eigenvalue weighted by Gasteiger charge is 2.33. The Hall–Kier alpha value is -1.75. The van der Waals surface area contributed by atoms with Crippen LogP contribution in [0.4, 0.5) is 5.69 Å². The first-order chi connectivity index (χ1) is 14.5. The van der Waals surface area contributed by atoms with Crippen LogP contribution in [0, 0.1) is 0 Å². The van der Waals surface area contributed by atoms with E-state index in [-0.39, 0.29) is 10.8 Å². The fourth-order valence-electron chi connectivity index (χ4n) is 3.70. The van der Waals surface area contributed by atoms with Gasteiger partial charge in [0, 0.05) is 62.5 Å². The molecule has 2 fully saturated rings. The molecule has 0 aliphatic carbocycles. The molecule has 3 heterocycles. The Morgan fingerprint density at radius 2 is 1.77 bits per heavy atom. The lowest BCUT2D eigenvalue weighted by Crippen LogP contribution is -2.49. The third kappa shape index (κ3) is 4.32. The van der Waals surface area contributed by atoms with Crippen molar-refractivity contribution in [3.05, 3.63) is 40.6 Å². The van der Waals surface area contributed by atoms with Crippen molar-refractivity contribution in [2.45, 2.75) is 4.90 Å². The number of hydrogen-bond donors (Lipinski definition) is 0. The van der Waals surface area contributed by atoms with Gasteiger partial charge in [0.25, 0.3) is 5.91 Å². The van der Waals surface area contributed by atoms with Crippen LogP contribution in [0.2, 0.25) is 0 Å². The normalized spacial score (nSPS) is 18.4. The zero-order chi connectivity index (χ0) is 21.1. The molecule has 4 rings (SSSR count). The van der Waals surface area contributed by atoms with Crippen molar-refractivity contribution in [2.24, 2.45) is 0 Å². The summed E-state index contributed by atoms with van der Waals surface area (Å²) >= 11 is 2.97. The molecule has 0 atom stereocenters. The number of carbonyl (C=O) groups excluding carboxylic acids is 1. The maximum absolute atomic E-state index is 13.2. The number of methoxy groups -OCH3 is 1. The molecule has 0 saturated carbocycles. The van der Waals surface area contributed by atoms with Crippen LogP contribution >= 0.6 is 23.1 Å². The Morgan fingerprint density at radius 1 is 1.03 bits per heavy atom. The molecule has 2 saturated heterocycles. The first-order valence-corrected chi connectivity index (χ1v) is 13.3. The Morgan fingerprint density at radius 3 is 2.47 bits per heavy atom. The van der Waals surface area contributed by atoms with Crippen molar-refractivity contribution < 1.29 is 17.9 Å². The van der Waals surface area contributed by atoms with Crippen molar-refractivity contribution in [2.75, 3.05) is 62.8 Å². The van der Waals surface area contributed by atoms with Crippen molar-refractivity contribution in [1.29, 1.82) is 0 Å². The van der Waals surface area contributed by atoms with Crippen molar-refractivity contribution in [3.63, 3.8) is 0 Å². The summed E-state index contributed by atoms with van der Waals surface area (Å²) in [7, 11) is -1.99. The standard InChI is InChI=1S/C20H25N3O4S3/c1-27-17-4-2-3-16(15-17)21-6-8-22(9-7-21)20(24)19-18(5-12-29-19)30(25,26)23-10-13-28-14-11-23/h2-5,12,15H,6-11,13-14H2,1H3. The predicted octanol–water partition coefficient (Wildman–Crippen LogP) is 2.46. The number of ether oxygens (including phenoxy) is 1. The highest BCUT2D eigenvalue weighted by molar-refractivity contribution is 7.99. The Balaban J connectivity index is 1.46. The van der Waals surface area contributed by atoms with Gasteiger partial charge in [-0.25, -0.2) is 8.42 Å². The molecule has 2 aliphatic rings. The molecule has 10 heteroatoms. The third-order valence-corrected chi connectivity index (χ3v) is 9.31. The molecule has 162 valence electrons. The van der Waals surface area contributed by atoms with Crippen LogP contribution in [0.5, 0.6) is 5.75 Å². The van der Waals surface area contributed by atoms with E-state index in [4.69, 9.17) is 4.74 Å². The van der Waals surface area contributed by atoms with Gasteiger partial charge in [0.2, 0.25) is 10.0 Å². The van der Waals surface area contributed by atoms with Crippen LogP contribution in [0.15, 0.2) is 40.6 Å². The summed E-state index contributed by atoms with van der Waals surface area (Å²) in [6.45, 7) is 3.47. The van der Waals surface area contributed by atoms with Crippen LogP contribution in [-0.4, -0.2) is 81.4 Å². The van der Waals surface area contributed by atoms with Gasteiger partial charge in [-0.1, -0.05) is 6.07 Å². The number of thioether (sulfide) groups is 1. The van der Waals surface area contributed by atoms with Crippen LogP contribution < -0.4 is 9.64 Å². The number of rotatable bonds is 5. The number of hydrogen-bond acceptors (Lipinski definition) is 7. The molecular formula is C20H25N3O4S3. The lowest BCUT2D eigenvalue weighted by Gasteiger charge is -2.36. The molecule has 0 spiro atoms. The largest absolute Gasteiger partial charge is 0.497 e. The van der Waals surface area contributed by atoms with Crippen LogP contribution in [0.25, 0.3) is 0 Å².